The lowest BCUT2D eigenvalue weighted by molar-refractivity contribution is 0.154. The Morgan fingerprint density at radius 3 is 2.88 bits per heavy atom. The van der Waals surface area contributed by atoms with Crippen LogP contribution in [0.3, 0.4) is 0 Å². The lowest BCUT2D eigenvalue weighted by Crippen LogP contribution is -2.35. The van der Waals surface area contributed by atoms with E-state index in [2.05, 4.69) is 5.32 Å². The highest BCUT2D eigenvalue weighted by Crippen LogP contribution is 2.29. The summed E-state index contributed by atoms with van der Waals surface area (Å²) in [7, 11) is 0. The maximum absolute atomic E-state index is 13.2. The number of hydrogen-bond donors (Lipinski definition) is 2. The molecule has 2 saturated heterocycles. The first-order chi connectivity index (χ1) is 12.1. The molecule has 0 bridgehead atoms. The van der Waals surface area contributed by atoms with Gasteiger partial charge in [-0.15, -0.1) is 0 Å². The molecular formula is C17H19ClN4O3. The molecule has 2 atom stereocenters. The molecule has 2 aliphatic heterocycles. The fraction of sp³-hybridized carbons (Fsp3) is 0.471. The van der Waals surface area contributed by atoms with Gasteiger partial charge in [0.2, 0.25) is 0 Å². The molecule has 8 heteroatoms. The normalized spacial score (nSPS) is 23.5. The lowest BCUT2D eigenvalue weighted by Gasteiger charge is -2.23. The van der Waals surface area contributed by atoms with E-state index in [1.807, 2.05) is 0 Å². The Morgan fingerprint density at radius 1 is 1.36 bits per heavy atom. The summed E-state index contributed by atoms with van der Waals surface area (Å²) in [6, 6.07) is 5.06. The van der Waals surface area contributed by atoms with Crippen LogP contribution in [-0.4, -0.2) is 45.3 Å². The number of hydrogen-bond acceptors (Lipinski definition) is 4. The Bertz CT molecular complexity index is 891. The summed E-state index contributed by atoms with van der Waals surface area (Å²) in [6.45, 7) is 1.61. The van der Waals surface area contributed by atoms with Crippen LogP contribution in [0.5, 0.6) is 0 Å². The van der Waals surface area contributed by atoms with Crippen LogP contribution in [0.2, 0.25) is 5.02 Å². The van der Waals surface area contributed by atoms with Gasteiger partial charge in [-0.05, 0) is 37.9 Å². The summed E-state index contributed by atoms with van der Waals surface area (Å²) in [4.78, 5) is 30.6. The Morgan fingerprint density at radius 2 is 2.20 bits per heavy atom. The van der Waals surface area contributed by atoms with E-state index in [1.165, 1.54) is 4.90 Å². The van der Waals surface area contributed by atoms with Gasteiger partial charge in [-0.3, -0.25) is 9.36 Å². The number of fused-ring (bicyclic) bond motifs is 1. The molecule has 0 saturated carbocycles. The Kier molecular flexibility index (Phi) is 4.13. The number of likely N-dealkylation sites (tertiary alicyclic amines) is 1. The predicted molar refractivity (Wildman–Crippen MR) is 94.2 cm³/mol. The third-order valence-electron chi connectivity index (χ3n) is 5.08. The Labute approximate surface area is 149 Å². The molecule has 7 nitrogen and oxygen atoms in total. The standard InChI is InChI=1S/C17H19ClN4O3/c18-11-3-1-4-12-14(11)16(23)22(10-6-8-21(9-10)17(24)25)15(20-12)13-5-2-7-19-13/h1,3-4,10,13,19H,2,5-9H2,(H,24,25)/t10?,13-/m0/s1. The minimum Gasteiger partial charge on any atom is -0.465 e. The second-order valence-corrected chi connectivity index (χ2v) is 7.01. The fourth-order valence-electron chi connectivity index (χ4n) is 3.85. The van der Waals surface area contributed by atoms with E-state index in [0.29, 0.717) is 41.3 Å². The van der Waals surface area contributed by atoms with Crippen molar-refractivity contribution in [3.05, 3.63) is 39.4 Å². The number of carboxylic acid groups (broad SMARTS) is 1. The number of halogens is 1. The van der Waals surface area contributed by atoms with E-state index in [0.717, 1.165) is 19.4 Å². The fourth-order valence-corrected chi connectivity index (χ4v) is 4.10. The molecule has 132 valence electrons. The van der Waals surface area contributed by atoms with Crippen molar-refractivity contribution >= 4 is 28.6 Å². The topological polar surface area (TPSA) is 87.5 Å². The minimum absolute atomic E-state index is 0.00922. The predicted octanol–water partition coefficient (Wildman–Crippen LogP) is 2.40. The molecule has 2 aliphatic rings. The molecule has 0 spiro atoms. The van der Waals surface area contributed by atoms with Gasteiger partial charge >= 0.3 is 6.09 Å². The zero-order chi connectivity index (χ0) is 17.6. The number of aromatic nitrogens is 2. The highest BCUT2D eigenvalue weighted by molar-refractivity contribution is 6.35. The summed E-state index contributed by atoms with van der Waals surface area (Å²) >= 11 is 6.26. The maximum atomic E-state index is 13.2. The van der Waals surface area contributed by atoms with Crippen LogP contribution in [-0.2, 0) is 0 Å². The van der Waals surface area contributed by atoms with Gasteiger partial charge in [-0.2, -0.15) is 0 Å². The van der Waals surface area contributed by atoms with Crippen LogP contribution in [0.25, 0.3) is 10.9 Å². The number of amides is 1. The Balaban J connectivity index is 1.89. The van der Waals surface area contributed by atoms with Crippen LogP contribution in [0.15, 0.2) is 23.0 Å². The average Bonchev–Trinajstić information content (AvgIpc) is 3.26. The van der Waals surface area contributed by atoms with Crippen molar-refractivity contribution in [2.24, 2.45) is 0 Å². The second-order valence-electron chi connectivity index (χ2n) is 6.60. The first-order valence-electron chi connectivity index (χ1n) is 8.48. The van der Waals surface area contributed by atoms with Gasteiger partial charge in [0, 0.05) is 13.1 Å². The van der Waals surface area contributed by atoms with Gasteiger partial charge in [0.1, 0.15) is 5.82 Å². The van der Waals surface area contributed by atoms with Crippen molar-refractivity contribution in [3.63, 3.8) is 0 Å². The molecule has 2 aromatic rings. The zero-order valence-electron chi connectivity index (χ0n) is 13.6. The van der Waals surface area contributed by atoms with Gasteiger partial charge in [0.05, 0.1) is 28.0 Å². The van der Waals surface area contributed by atoms with Crippen LogP contribution in [0, 0.1) is 0 Å². The SMILES string of the molecule is O=C(O)N1CCC(n2c([C@@H]3CCCN3)nc3cccc(Cl)c3c2=O)C1. The monoisotopic (exact) mass is 362 g/mol. The van der Waals surface area contributed by atoms with E-state index >= 15 is 0 Å². The molecule has 2 fully saturated rings. The van der Waals surface area contributed by atoms with E-state index in [1.54, 1.807) is 22.8 Å². The largest absolute Gasteiger partial charge is 0.465 e. The molecule has 1 aromatic heterocycles. The third-order valence-corrected chi connectivity index (χ3v) is 5.39. The van der Waals surface area contributed by atoms with Gasteiger partial charge in [-0.25, -0.2) is 9.78 Å². The zero-order valence-corrected chi connectivity index (χ0v) is 14.4. The number of rotatable bonds is 2. The van der Waals surface area contributed by atoms with Crippen LogP contribution in [0.1, 0.15) is 37.2 Å². The van der Waals surface area contributed by atoms with Gasteiger partial charge in [0.15, 0.2) is 0 Å². The van der Waals surface area contributed by atoms with E-state index in [-0.39, 0.29) is 17.6 Å². The maximum Gasteiger partial charge on any atom is 0.407 e. The van der Waals surface area contributed by atoms with Crippen LogP contribution < -0.4 is 10.9 Å². The number of benzene rings is 1. The second kappa shape index (κ2) is 6.31. The van der Waals surface area contributed by atoms with Crippen LogP contribution in [0.4, 0.5) is 4.79 Å². The molecule has 1 amide bonds. The van der Waals surface area contributed by atoms with Gasteiger partial charge in [0.25, 0.3) is 5.56 Å². The van der Waals surface area contributed by atoms with Crippen molar-refractivity contribution in [1.29, 1.82) is 0 Å². The molecular weight excluding hydrogens is 344 g/mol. The van der Waals surface area contributed by atoms with Crippen molar-refractivity contribution < 1.29 is 9.90 Å². The molecule has 1 aromatic carbocycles. The number of nitrogens with zero attached hydrogens (tertiary/aromatic N) is 3. The minimum atomic E-state index is -0.956. The highest BCUT2D eigenvalue weighted by Gasteiger charge is 2.32. The Hall–Kier alpha value is -2.12. The number of carbonyl (C=O) groups is 1. The van der Waals surface area contributed by atoms with Gasteiger partial charge in [-0.1, -0.05) is 17.7 Å². The highest BCUT2D eigenvalue weighted by atomic mass is 35.5. The molecule has 0 aliphatic carbocycles. The molecule has 2 N–H and O–H groups in total. The molecule has 3 heterocycles. The van der Waals surface area contributed by atoms with Crippen molar-refractivity contribution in [2.75, 3.05) is 19.6 Å². The molecule has 0 radical (unpaired) electrons. The summed E-state index contributed by atoms with van der Waals surface area (Å²) in [5, 5.41) is 13.4. The summed E-state index contributed by atoms with van der Waals surface area (Å²) < 4.78 is 1.68. The molecule has 25 heavy (non-hydrogen) atoms. The lowest BCUT2D eigenvalue weighted by atomic mass is 10.1. The average molecular weight is 363 g/mol. The molecule has 4 rings (SSSR count). The van der Waals surface area contributed by atoms with E-state index in [4.69, 9.17) is 16.6 Å². The van der Waals surface area contributed by atoms with Crippen molar-refractivity contribution in [1.82, 2.24) is 19.8 Å². The number of nitrogens with one attached hydrogen (secondary N) is 1. The first-order valence-corrected chi connectivity index (χ1v) is 8.86. The summed E-state index contributed by atoms with van der Waals surface area (Å²) in [6.07, 6.45) is 1.58. The third kappa shape index (κ3) is 2.77. The van der Waals surface area contributed by atoms with E-state index in [9.17, 15) is 14.7 Å². The smallest absolute Gasteiger partial charge is 0.407 e. The van der Waals surface area contributed by atoms with Crippen LogP contribution >= 0.6 is 11.6 Å². The van der Waals surface area contributed by atoms with Crippen molar-refractivity contribution in [3.8, 4) is 0 Å². The summed E-state index contributed by atoms with van der Waals surface area (Å²) in [5.41, 5.74) is 0.405. The van der Waals surface area contributed by atoms with Gasteiger partial charge < -0.3 is 15.3 Å². The molecule has 1 unspecified atom stereocenters. The first kappa shape index (κ1) is 16.4. The summed E-state index contributed by atoms with van der Waals surface area (Å²) in [5.74, 6) is 0.689. The van der Waals surface area contributed by atoms with Crippen molar-refractivity contribution in [2.45, 2.75) is 31.3 Å². The quantitative estimate of drug-likeness (QED) is 0.856. The van der Waals surface area contributed by atoms with E-state index < -0.39 is 6.09 Å².